The van der Waals surface area contributed by atoms with Gasteiger partial charge in [0.25, 0.3) is 15.2 Å². The molecule has 1 N–H and O–H groups in total. The fraction of sp³-hybridized carbons (Fsp3) is 0.333. The van der Waals surface area contributed by atoms with Crippen LogP contribution in [0.3, 0.4) is 0 Å². The minimum atomic E-state index is -3.64. The number of hydrogen-bond donors (Lipinski definition) is 1. The van der Waals surface area contributed by atoms with Crippen molar-refractivity contribution in [2.45, 2.75) is 37.9 Å². The molecule has 2 aromatic rings. The molecular formula is C15H19N3O2S. The van der Waals surface area contributed by atoms with E-state index in [0.29, 0.717) is 0 Å². The molecule has 0 aliphatic heterocycles. The molecule has 112 valence electrons. The summed E-state index contributed by atoms with van der Waals surface area (Å²) in [7, 11) is -3.64. The van der Waals surface area contributed by atoms with Crippen LogP contribution in [-0.4, -0.2) is 24.4 Å². The zero-order valence-corrected chi connectivity index (χ0v) is 13.0. The zero-order valence-electron chi connectivity index (χ0n) is 12.2. The van der Waals surface area contributed by atoms with Gasteiger partial charge in [-0.3, -0.25) is 0 Å². The number of aryl methyl sites for hydroxylation is 2. The van der Waals surface area contributed by atoms with Crippen molar-refractivity contribution in [2.24, 2.45) is 0 Å². The van der Waals surface area contributed by atoms with Crippen LogP contribution in [0.15, 0.2) is 47.9 Å². The van der Waals surface area contributed by atoms with Gasteiger partial charge in [-0.25, -0.2) is 23.1 Å². The lowest BCUT2D eigenvalue weighted by atomic mass is 10.1. The van der Waals surface area contributed by atoms with Gasteiger partial charge >= 0.3 is 0 Å². The van der Waals surface area contributed by atoms with E-state index in [0.717, 1.165) is 12.8 Å². The molecule has 1 heterocycles. The first-order valence-corrected chi connectivity index (χ1v) is 8.30. The molecule has 21 heavy (non-hydrogen) atoms. The summed E-state index contributed by atoms with van der Waals surface area (Å²) in [5.74, 6) is 0. The molecule has 0 radical (unpaired) electrons. The summed E-state index contributed by atoms with van der Waals surface area (Å²) < 4.78 is 26.7. The average Bonchev–Trinajstić information content (AvgIpc) is 2.47. The Morgan fingerprint density at radius 3 is 2.38 bits per heavy atom. The highest BCUT2D eigenvalue weighted by Gasteiger charge is 2.19. The van der Waals surface area contributed by atoms with Crippen molar-refractivity contribution in [1.29, 1.82) is 0 Å². The van der Waals surface area contributed by atoms with E-state index in [4.69, 9.17) is 0 Å². The second-order valence-electron chi connectivity index (χ2n) is 5.08. The molecule has 1 atom stereocenters. The van der Waals surface area contributed by atoms with Gasteiger partial charge in [0.1, 0.15) is 0 Å². The predicted molar refractivity (Wildman–Crippen MR) is 81.3 cm³/mol. The number of sulfonamides is 1. The highest BCUT2D eigenvalue weighted by Crippen LogP contribution is 2.09. The van der Waals surface area contributed by atoms with Crippen molar-refractivity contribution in [3.05, 3.63) is 53.9 Å². The number of rotatable bonds is 6. The monoisotopic (exact) mass is 305 g/mol. The van der Waals surface area contributed by atoms with E-state index in [1.807, 2.05) is 13.8 Å². The van der Waals surface area contributed by atoms with Gasteiger partial charge in [-0.05, 0) is 38.3 Å². The Kier molecular flexibility index (Phi) is 5.03. The van der Waals surface area contributed by atoms with Crippen LogP contribution in [-0.2, 0) is 16.4 Å². The van der Waals surface area contributed by atoms with Gasteiger partial charge in [-0.15, -0.1) is 0 Å². The SMILES string of the molecule is Cc1ccc(CCC(C)NS(=O)(=O)c2ncccn2)cc1. The standard InChI is InChI=1S/C15H19N3O2S/c1-12-4-7-14(8-5-12)9-6-13(2)18-21(19,20)15-16-10-3-11-17-15/h3-5,7-8,10-11,13,18H,6,9H2,1-2H3. The third-order valence-electron chi connectivity index (χ3n) is 3.13. The summed E-state index contributed by atoms with van der Waals surface area (Å²) in [5, 5.41) is -0.188. The van der Waals surface area contributed by atoms with Crippen LogP contribution in [0.1, 0.15) is 24.5 Å². The van der Waals surface area contributed by atoms with Crippen LogP contribution in [0, 0.1) is 6.92 Å². The molecule has 6 heteroatoms. The van der Waals surface area contributed by atoms with Crippen LogP contribution in [0.4, 0.5) is 0 Å². The van der Waals surface area contributed by atoms with Crippen LogP contribution < -0.4 is 4.72 Å². The van der Waals surface area contributed by atoms with Gasteiger partial charge in [-0.1, -0.05) is 29.8 Å². The van der Waals surface area contributed by atoms with Crippen molar-refractivity contribution in [2.75, 3.05) is 0 Å². The molecule has 1 unspecified atom stereocenters. The maximum Gasteiger partial charge on any atom is 0.276 e. The molecule has 0 fully saturated rings. The number of nitrogens with zero attached hydrogens (tertiary/aromatic N) is 2. The van der Waals surface area contributed by atoms with Crippen molar-refractivity contribution >= 4 is 10.0 Å². The second-order valence-corrected chi connectivity index (χ2v) is 6.69. The van der Waals surface area contributed by atoms with Gasteiger partial charge in [-0.2, -0.15) is 0 Å². The Labute approximate surface area is 125 Å². The fourth-order valence-electron chi connectivity index (χ4n) is 1.94. The van der Waals surface area contributed by atoms with Crippen molar-refractivity contribution < 1.29 is 8.42 Å². The van der Waals surface area contributed by atoms with Crippen LogP contribution in [0.2, 0.25) is 0 Å². The quantitative estimate of drug-likeness (QED) is 0.829. The zero-order chi connectivity index (χ0) is 15.3. The predicted octanol–water partition coefficient (Wildman–Crippen LogP) is 2.08. The number of nitrogens with one attached hydrogen (secondary N) is 1. The lowest BCUT2D eigenvalue weighted by molar-refractivity contribution is 0.539. The summed E-state index contributed by atoms with van der Waals surface area (Å²) in [6, 6.07) is 9.65. The maximum absolute atomic E-state index is 12.1. The van der Waals surface area contributed by atoms with E-state index in [1.54, 1.807) is 6.07 Å². The molecule has 0 saturated carbocycles. The van der Waals surface area contributed by atoms with E-state index < -0.39 is 10.0 Å². The summed E-state index contributed by atoms with van der Waals surface area (Å²) in [6.07, 6.45) is 4.37. The lowest BCUT2D eigenvalue weighted by Gasteiger charge is -2.13. The van der Waals surface area contributed by atoms with Crippen LogP contribution >= 0.6 is 0 Å². The van der Waals surface area contributed by atoms with Crippen molar-refractivity contribution in [3.8, 4) is 0 Å². The van der Waals surface area contributed by atoms with Crippen LogP contribution in [0.25, 0.3) is 0 Å². The van der Waals surface area contributed by atoms with E-state index in [1.165, 1.54) is 23.5 Å². The summed E-state index contributed by atoms with van der Waals surface area (Å²) in [4.78, 5) is 7.54. The highest BCUT2D eigenvalue weighted by molar-refractivity contribution is 7.89. The average molecular weight is 305 g/mol. The van der Waals surface area contributed by atoms with Gasteiger partial charge in [0, 0.05) is 18.4 Å². The molecule has 1 aromatic heterocycles. The molecule has 1 aromatic carbocycles. The Morgan fingerprint density at radius 1 is 1.14 bits per heavy atom. The molecule has 5 nitrogen and oxygen atoms in total. The third kappa shape index (κ3) is 4.61. The Hall–Kier alpha value is -1.79. The minimum Gasteiger partial charge on any atom is -0.226 e. The third-order valence-corrected chi connectivity index (χ3v) is 4.53. The van der Waals surface area contributed by atoms with Gasteiger partial charge in [0.2, 0.25) is 0 Å². The first kappa shape index (κ1) is 15.6. The van der Waals surface area contributed by atoms with E-state index >= 15 is 0 Å². The molecule has 0 saturated heterocycles. The van der Waals surface area contributed by atoms with Gasteiger partial charge in [0.05, 0.1) is 0 Å². The highest BCUT2D eigenvalue weighted by atomic mass is 32.2. The summed E-state index contributed by atoms with van der Waals surface area (Å²) in [5.41, 5.74) is 2.41. The first-order chi connectivity index (χ1) is 9.97. The largest absolute Gasteiger partial charge is 0.276 e. The maximum atomic E-state index is 12.1. The van der Waals surface area contributed by atoms with Gasteiger partial charge in [0.15, 0.2) is 0 Å². The van der Waals surface area contributed by atoms with E-state index in [2.05, 4.69) is 39.0 Å². The molecular weight excluding hydrogens is 286 g/mol. The molecule has 0 bridgehead atoms. The molecule has 0 spiro atoms. The number of hydrogen-bond acceptors (Lipinski definition) is 4. The number of aromatic nitrogens is 2. The second kappa shape index (κ2) is 6.78. The summed E-state index contributed by atoms with van der Waals surface area (Å²) in [6.45, 7) is 3.88. The van der Waals surface area contributed by atoms with E-state index in [9.17, 15) is 8.42 Å². The minimum absolute atomic E-state index is 0.180. The fourth-order valence-corrected chi connectivity index (χ4v) is 3.09. The van der Waals surface area contributed by atoms with Crippen LogP contribution in [0.5, 0.6) is 0 Å². The molecule has 0 aliphatic carbocycles. The molecule has 0 aliphatic rings. The van der Waals surface area contributed by atoms with Gasteiger partial charge < -0.3 is 0 Å². The Morgan fingerprint density at radius 2 is 1.76 bits per heavy atom. The van der Waals surface area contributed by atoms with E-state index in [-0.39, 0.29) is 11.2 Å². The first-order valence-electron chi connectivity index (χ1n) is 6.82. The Bertz CT molecular complexity index is 670. The summed E-state index contributed by atoms with van der Waals surface area (Å²) >= 11 is 0. The normalized spacial score (nSPS) is 13.0. The lowest BCUT2D eigenvalue weighted by Crippen LogP contribution is -2.34. The molecule has 0 amide bonds. The smallest absolute Gasteiger partial charge is 0.226 e. The number of benzene rings is 1. The van der Waals surface area contributed by atoms with Crippen molar-refractivity contribution in [3.63, 3.8) is 0 Å². The topological polar surface area (TPSA) is 72.0 Å². The Balaban J connectivity index is 1.92. The van der Waals surface area contributed by atoms with Crippen molar-refractivity contribution in [1.82, 2.24) is 14.7 Å². The molecule has 2 rings (SSSR count).